The number of amides is 1. The van der Waals surface area contributed by atoms with Gasteiger partial charge in [0.25, 0.3) is 5.91 Å². The van der Waals surface area contributed by atoms with E-state index in [0.717, 1.165) is 28.1 Å². The normalized spacial score (nSPS) is 14.8. The van der Waals surface area contributed by atoms with Crippen LogP contribution in [0.25, 0.3) is 11.1 Å². The molecule has 0 aromatic heterocycles. The molecule has 0 unspecified atom stereocenters. The summed E-state index contributed by atoms with van der Waals surface area (Å²) in [7, 11) is -3.15. The zero-order valence-corrected chi connectivity index (χ0v) is 21.6. The molecule has 6 nitrogen and oxygen atoms in total. The average Bonchev–Trinajstić information content (AvgIpc) is 2.84. The molecule has 3 aromatic carbocycles. The minimum absolute atomic E-state index is 0.147. The van der Waals surface area contributed by atoms with E-state index in [-0.39, 0.29) is 5.91 Å². The topological polar surface area (TPSA) is 69.7 Å². The van der Waals surface area contributed by atoms with Crippen molar-refractivity contribution in [2.75, 3.05) is 42.7 Å². The Kier molecular flexibility index (Phi) is 7.28. The van der Waals surface area contributed by atoms with E-state index in [9.17, 15) is 13.2 Å². The maximum atomic E-state index is 13.3. The monoisotopic (exact) mass is 491 g/mol. The summed E-state index contributed by atoms with van der Waals surface area (Å²) in [5.41, 5.74) is 6.67. The van der Waals surface area contributed by atoms with Crippen LogP contribution in [-0.4, -0.2) is 51.1 Å². The lowest BCUT2D eigenvalue weighted by Gasteiger charge is -2.34. The minimum atomic E-state index is -3.15. The van der Waals surface area contributed by atoms with Crippen LogP contribution < -0.4 is 10.2 Å². The number of piperazine rings is 1. The third kappa shape index (κ3) is 5.74. The van der Waals surface area contributed by atoms with Crippen molar-refractivity contribution in [2.45, 2.75) is 26.7 Å². The third-order valence-corrected chi connectivity index (χ3v) is 7.88. The predicted octanol–water partition coefficient (Wildman–Crippen LogP) is 5.12. The Balaban J connectivity index is 1.48. The van der Waals surface area contributed by atoms with Crippen molar-refractivity contribution < 1.29 is 13.2 Å². The number of anilines is 2. The summed E-state index contributed by atoms with van der Waals surface area (Å²) in [5, 5.41) is 3.04. The number of hydrogen-bond acceptors (Lipinski definition) is 4. The molecule has 0 saturated carbocycles. The molecular formula is C28H33N3O3S. The number of aryl methyl sites for hydroxylation is 1. The van der Waals surface area contributed by atoms with Gasteiger partial charge in [0.2, 0.25) is 10.0 Å². The van der Waals surface area contributed by atoms with Gasteiger partial charge in [0.1, 0.15) is 0 Å². The zero-order valence-electron chi connectivity index (χ0n) is 20.8. The smallest absolute Gasteiger partial charge is 0.256 e. The second-order valence-corrected chi connectivity index (χ2v) is 11.4. The molecule has 1 aliphatic heterocycles. The maximum absolute atomic E-state index is 13.3. The standard InChI is InChI=1S/C28H33N3O3S/c1-20(2)22-8-10-23(11-9-22)27-21(3)6-5-7-26(27)28(32)29-24-12-14-25(15-13-24)30-16-18-31(19-17-30)35(4,33)34/h5-15,20H,16-19H2,1-4H3,(H,29,32). The molecule has 1 aliphatic rings. The van der Waals surface area contributed by atoms with Crippen molar-refractivity contribution in [1.29, 1.82) is 0 Å². The molecule has 0 radical (unpaired) electrons. The molecule has 1 saturated heterocycles. The molecule has 184 valence electrons. The lowest BCUT2D eigenvalue weighted by atomic mass is 9.92. The summed E-state index contributed by atoms with van der Waals surface area (Å²) in [6.07, 6.45) is 1.25. The number of benzene rings is 3. The molecule has 1 N–H and O–H groups in total. The summed E-state index contributed by atoms with van der Waals surface area (Å²) in [6, 6.07) is 22.0. The van der Waals surface area contributed by atoms with E-state index >= 15 is 0 Å². The van der Waals surface area contributed by atoms with Crippen LogP contribution in [0.3, 0.4) is 0 Å². The van der Waals surface area contributed by atoms with Crippen LogP contribution in [0.4, 0.5) is 11.4 Å². The van der Waals surface area contributed by atoms with Crippen LogP contribution in [0.1, 0.15) is 41.3 Å². The number of nitrogens with zero attached hydrogens (tertiary/aromatic N) is 2. The number of hydrogen-bond donors (Lipinski definition) is 1. The molecule has 35 heavy (non-hydrogen) atoms. The van der Waals surface area contributed by atoms with Gasteiger partial charge in [0.15, 0.2) is 0 Å². The van der Waals surface area contributed by atoms with Gasteiger partial charge in [-0.05, 0) is 65.4 Å². The number of carbonyl (C=O) groups excluding carboxylic acids is 1. The first-order chi connectivity index (χ1) is 16.6. The Morgan fingerprint density at radius 2 is 1.51 bits per heavy atom. The highest BCUT2D eigenvalue weighted by Crippen LogP contribution is 2.30. The molecule has 4 rings (SSSR count). The lowest BCUT2D eigenvalue weighted by molar-refractivity contribution is 0.102. The van der Waals surface area contributed by atoms with Crippen LogP contribution in [0.2, 0.25) is 0 Å². The molecule has 1 amide bonds. The van der Waals surface area contributed by atoms with Gasteiger partial charge in [0, 0.05) is 43.1 Å². The molecule has 1 fully saturated rings. The fourth-order valence-electron chi connectivity index (χ4n) is 4.51. The number of nitrogens with one attached hydrogen (secondary N) is 1. The Hall–Kier alpha value is -3.16. The fourth-order valence-corrected chi connectivity index (χ4v) is 5.33. The summed E-state index contributed by atoms with van der Waals surface area (Å²) >= 11 is 0. The Labute approximate surface area is 208 Å². The summed E-state index contributed by atoms with van der Waals surface area (Å²) in [6.45, 7) is 8.60. The molecule has 7 heteroatoms. The summed E-state index contributed by atoms with van der Waals surface area (Å²) < 4.78 is 25.0. The van der Waals surface area contributed by atoms with E-state index in [0.29, 0.717) is 37.7 Å². The zero-order chi connectivity index (χ0) is 25.2. The number of sulfonamides is 1. The van der Waals surface area contributed by atoms with Crippen LogP contribution >= 0.6 is 0 Å². The third-order valence-electron chi connectivity index (χ3n) is 6.58. The maximum Gasteiger partial charge on any atom is 0.256 e. The van der Waals surface area contributed by atoms with Crippen molar-refractivity contribution in [3.63, 3.8) is 0 Å². The van der Waals surface area contributed by atoms with Crippen LogP contribution in [0.15, 0.2) is 66.7 Å². The first kappa shape index (κ1) is 24.9. The van der Waals surface area contributed by atoms with Crippen molar-refractivity contribution in [2.24, 2.45) is 0 Å². The van der Waals surface area contributed by atoms with Crippen molar-refractivity contribution in [1.82, 2.24) is 4.31 Å². The molecule has 0 atom stereocenters. The average molecular weight is 492 g/mol. The van der Waals surface area contributed by atoms with E-state index in [1.165, 1.54) is 16.1 Å². The molecule has 0 bridgehead atoms. The van der Waals surface area contributed by atoms with Gasteiger partial charge in [-0.25, -0.2) is 8.42 Å². The molecular weight excluding hydrogens is 458 g/mol. The highest BCUT2D eigenvalue weighted by Gasteiger charge is 2.23. The van der Waals surface area contributed by atoms with Crippen LogP contribution in [0, 0.1) is 6.92 Å². The number of carbonyl (C=O) groups is 1. The van der Waals surface area contributed by atoms with Crippen LogP contribution in [-0.2, 0) is 10.0 Å². The molecule has 0 aliphatic carbocycles. The van der Waals surface area contributed by atoms with Crippen molar-refractivity contribution in [3.8, 4) is 11.1 Å². The van der Waals surface area contributed by atoms with Gasteiger partial charge in [-0.15, -0.1) is 0 Å². The lowest BCUT2D eigenvalue weighted by Crippen LogP contribution is -2.48. The minimum Gasteiger partial charge on any atom is -0.369 e. The largest absolute Gasteiger partial charge is 0.369 e. The second-order valence-electron chi connectivity index (χ2n) is 9.42. The van der Waals surface area contributed by atoms with Crippen molar-refractivity contribution >= 4 is 27.3 Å². The molecule has 0 spiro atoms. The Bertz CT molecular complexity index is 1290. The fraction of sp³-hybridized carbons (Fsp3) is 0.321. The highest BCUT2D eigenvalue weighted by molar-refractivity contribution is 7.88. The highest BCUT2D eigenvalue weighted by atomic mass is 32.2. The van der Waals surface area contributed by atoms with E-state index in [1.807, 2.05) is 49.4 Å². The number of rotatable bonds is 6. The van der Waals surface area contributed by atoms with Gasteiger partial charge in [0.05, 0.1) is 6.26 Å². The van der Waals surface area contributed by atoms with E-state index in [2.05, 4.69) is 48.3 Å². The van der Waals surface area contributed by atoms with Crippen LogP contribution in [0.5, 0.6) is 0 Å². The summed E-state index contributed by atoms with van der Waals surface area (Å²) in [4.78, 5) is 15.4. The Morgan fingerprint density at radius 1 is 0.886 bits per heavy atom. The van der Waals surface area contributed by atoms with E-state index < -0.39 is 10.0 Å². The molecule has 3 aromatic rings. The second kappa shape index (κ2) is 10.2. The SMILES string of the molecule is Cc1cccc(C(=O)Nc2ccc(N3CCN(S(C)(=O)=O)CC3)cc2)c1-c1ccc(C(C)C)cc1. The van der Waals surface area contributed by atoms with E-state index in [4.69, 9.17) is 0 Å². The van der Waals surface area contributed by atoms with Gasteiger partial charge in [-0.2, -0.15) is 4.31 Å². The summed E-state index contributed by atoms with van der Waals surface area (Å²) in [5.74, 6) is 0.307. The van der Waals surface area contributed by atoms with E-state index in [1.54, 1.807) is 0 Å². The van der Waals surface area contributed by atoms with Gasteiger partial charge in [-0.1, -0.05) is 50.2 Å². The predicted molar refractivity (Wildman–Crippen MR) is 144 cm³/mol. The quantitative estimate of drug-likeness (QED) is 0.520. The van der Waals surface area contributed by atoms with Gasteiger partial charge < -0.3 is 10.2 Å². The molecule has 1 heterocycles. The van der Waals surface area contributed by atoms with Gasteiger partial charge in [-0.3, -0.25) is 4.79 Å². The Morgan fingerprint density at radius 3 is 2.09 bits per heavy atom. The van der Waals surface area contributed by atoms with Crippen molar-refractivity contribution in [3.05, 3.63) is 83.4 Å². The van der Waals surface area contributed by atoms with Gasteiger partial charge >= 0.3 is 0 Å². The first-order valence-corrected chi connectivity index (χ1v) is 13.8. The first-order valence-electron chi connectivity index (χ1n) is 11.9.